The molecule has 78 heavy (non-hydrogen) atoms. The van der Waals surface area contributed by atoms with Crippen molar-refractivity contribution in [1.29, 1.82) is 0 Å². The van der Waals surface area contributed by atoms with Crippen LogP contribution in [-0.2, 0) is 38.0 Å². The summed E-state index contributed by atoms with van der Waals surface area (Å²) >= 11 is 0. The van der Waals surface area contributed by atoms with Crippen molar-refractivity contribution in [3.63, 3.8) is 0 Å². The zero-order chi connectivity index (χ0) is 57.1. The predicted molar refractivity (Wildman–Crippen MR) is 301 cm³/mol. The van der Waals surface area contributed by atoms with E-state index in [1.165, 1.54) is 50.5 Å². The highest BCUT2D eigenvalue weighted by molar-refractivity contribution is 5.81. The van der Waals surface area contributed by atoms with Crippen molar-refractivity contribution in [2.24, 2.45) is 95.4 Å². The van der Waals surface area contributed by atoms with Crippen LogP contribution >= 0.6 is 0 Å². The second-order valence-corrected chi connectivity index (χ2v) is 23.3. The van der Waals surface area contributed by atoms with Gasteiger partial charge in [-0.15, -0.1) is 0 Å². The third-order valence-corrected chi connectivity index (χ3v) is 16.8. The summed E-state index contributed by atoms with van der Waals surface area (Å²) in [4.78, 5) is 77.0. The van der Waals surface area contributed by atoms with Crippen molar-refractivity contribution in [3.8, 4) is 0 Å². The summed E-state index contributed by atoms with van der Waals surface area (Å²) in [7, 11) is 0. The number of aliphatic imine (C=N–C) groups is 3. The number of hydrogen-bond acceptors (Lipinski definition) is 14. The van der Waals surface area contributed by atoms with Gasteiger partial charge in [-0.05, 0) is 124 Å². The number of rotatable bonds is 35. The molecule has 0 heterocycles. The maximum atomic E-state index is 13.6. The first kappa shape index (κ1) is 65.1. The van der Waals surface area contributed by atoms with E-state index in [-0.39, 0.29) is 88.9 Å². The van der Waals surface area contributed by atoms with Gasteiger partial charge < -0.3 is 73.0 Å². The predicted octanol–water partition coefficient (Wildman–Crippen LogP) is 5.97. The van der Waals surface area contributed by atoms with E-state index >= 15 is 0 Å². The van der Waals surface area contributed by atoms with E-state index in [0.717, 1.165) is 55.3 Å². The fraction of sp³-hybridized carbons (Fsp3) is 0.821. The standard InChI is InChI=1S/C56H99N11O11/c1-38(2)12-9-13-39(3)45-17-18-46-44-16-15-41-32-43(19-21-54(41,5)47(44)20-22-55(45,46)6)78-53(72)67-28-29-73-30-31-74-34-42(68)33-56(35-75-48(69)14-7-8-23-63-49(58)59,36-76-51(70)65-26-10-24-62-40(4)57)37-77-52(71)66-27-11-25-64-50(60)61/h15,38-39,43-47H,7-14,16-37H2,1-6H3,(H2,57,62)(H,65,70)(H,66,71)(H,67,72)(H4,58,59,63)(H4,60,61,64). The Balaban J connectivity index is 1.23. The Labute approximate surface area is 464 Å². The van der Waals surface area contributed by atoms with Gasteiger partial charge in [-0.3, -0.25) is 24.6 Å². The SMILES string of the molecule is CC(N)=NCCCNC(=O)OCC(COC(=O)CCCCN=C(N)N)(COC(=O)NCCCN=C(N)N)CC(=O)COCCOCCNC(=O)OC1CCC2(C)C(=CCC3C2CCC2(C)C(C(C)CCCC(C)C)CCC32)C1. The lowest BCUT2D eigenvalue weighted by atomic mass is 9.47. The first-order valence-corrected chi connectivity index (χ1v) is 28.8. The number of amides is 3. The fourth-order valence-electron chi connectivity index (χ4n) is 12.8. The van der Waals surface area contributed by atoms with E-state index in [1.807, 2.05) is 0 Å². The van der Waals surface area contributed by atoms with E-state index in [4.69, 9.17) is 57.1 Å². The zero-order valence-corrected chi connectivity index (χ0v) is 48.1. The van der Waals surface area contributed by atoms with E-state index in [1.54, 1.807) is 6.92 Å². The molecule has 22 heteroatoms. The van der Waals surface area contributed by atoms with Crippen LogP contribution in [0.4, 0.5) is 14.4 Å². The lowest BCUT2D eigenvalue weighted by Crippen LogP contribution is -2.51. The van der Waals surface area contributed by atoms with Crippen LogP contribution in [0.15, 0.2) is 26.6 Å². The highest BCUT2D eigenvalue weighted by atomic mass is 16.6. The number of unbranched alkanes of at least 4 members (excludes halogenated alkanes) is 1. The van der Waals surface area contributed by atoms with E-state index in [2.05, 4.69) is 71.6 Å². The number of Topliss-reactive ketones (excluding diaryl/α,β-unsaturated/α-hetero) is 1. The number of guanidine groups is 2. The number of nitrogens with one attached hydrogen (secondary N) is 3. The summed E-state index contributed by atoms with van der Waals surface area (Å²) < 4.78 is 34.0. The third kappa shape index (κ3) is 22.0. The summed E-state index contributed by atoms with van der Waals surface area (Å²) in [6.07, 6.45) is 14.9. The molecule has 4 aliphatic carbocycles. The quantitative estimate of drug-likeness (QED) is 0.00905. The Morgan fingerprint density at radius 2 is 1.32 bits per heavy atom. The van der Waals surface area contributed by atoms with Crippen LogP contribution < -0.4 is 44.6 Å². The Morgan fingerprint density at radius 3 is 1.97 bits per heavy atom. The molecule has 22 nitrogen and oxygen atoms in total. The van der Waals surface area contributed by atoms with Gasteiger partial charge in [-0.1, -0.05) is 65.5 Å². The molecule has 13 N–H and O–H groups in total. The molecule has 0 aromatic heterocycles. The summed E-state index contributed by atoms with van der Waals surface area (Å²) in [6, 6.07) is 0. The number of nitrogens with two attached hydrogens (primary N) is 5. The van der Waals surface area contributed by atoms with Crippen molar-refractivity contribution in [2.75, 3.05) is 85.5 Å². The van der Waals surface area contributed by atoms with Crippen molar-refractivity contribution in [3.05, 3.63) is 11.6 Å². The third-order valence-electron chi connectivity index (χ3n) is 16.8. The smallest absolute Gasteiger partial charge is 0.407 e. The minimum Gasteiger partial charge on any atom is -0.465 e. The molecular weight excluding hydrogens is 1000 g/mol. The maximum Gasteiger partial charge on any atom is 0.407 e. The molecule has 444 valence electrons. The highest BCUT2D eigenvalue weighted by Gasteiger charge is 2.59. The number of fused-ring (bicyclic) bond motifs is 5. The van der Waals surface area contributed by atoms with Crippen LogP contribution in [0.1, 0.15) is 151 Å². The number of alkyl carbamates (subject to hydrolysis) is 3. The molecule has 0 spiro atoms. The van der Waals surface area contributed by atoms with E-state index < -0.39 is 55.3 Å². The van der Waals surface area contributed by atoms with Crippen LogP contribution in [0.25, 0.3) is 0 Å². The number of allylic oxidation sites excluding steroid dienone is 1. The second kappa shape index (κ2) is 33.3. The number of hydrogen-bond donors (Lipinski definition) is 8. The Hall–Kier alpha value is -5.38. The van der Waals surface area contributed by atoms with Gasteiger partial charge in [-0.25, -0.2) is 14.4 Å². The summed E-state index contributed by atoms with van der Waals surface area (Å²) in [5.74, 6) is 3.83. The first-order chi connectivity index (χ1) is 37.2. The number of nitrogens with zero attached hydrogens (tertiary/aromatic N) is 3. The van der Waals surface area contributed by atoms with E-state index in [0.29, 0.717) is 55.9 Å². The van der Waals surface area contributed by atoms with Gasteiger partial charge >= 0.3 is 24.2 Å². The number of esters is 1. The lowest BCUT2D eigenvalue weighted by Gasteiger charge is -2.58. The molecule has 0 bridgehead atoms. The van der Waals surface area contributed by atoms with Crippen LogP contribution in [0.3, 0.4) is 0 Å². The number of amidine groups is 1. The molecular formula is C56H99N11O11. The van der Waals surface area contributed by atoms with Gasteiger partial charge in [0.25, 0.3) is 0 Å². The molecule has 9 unspecified atom stereocenters. The van der Waals surface area contributed by atoms with Gasteiger partial charge in [0.1, 0.15) is 32.5 Å². The van der Waals surface area contributed by atoms with Crippen LogP contribution in [0.5, 0.6) is 0 Å². The highest BCUT2D eigenvalue weighted by Crippen LogP contribution is 2.67. The minimum absolute atomic E-state index is 0.00516. The molecule has 0 aromatic carbocycles. The molecule has 3 amide bonds. The van der Waals surface area contributed by atoms with Gasteiger partial charge in [-0.2, -0.15) is 0 Å². The van der Waals surface area contributed by atoms with Crippen LogP contribution in [0, 0.1) is 51.8 Å². The molecule has 0 saturated heterocycles. The van der Waals surface area contributed by atoms with Crippen LogP contribution in [0.2, 0.25) is 0 Å². The molecule has 4 aliphatic rings. The first-order valence-electron chi connectivity index (χ1n) is 28.8. The molecule has 3 fully saturated rings. The molecule has 0 aliphatic heterocycles. The van der Waals surface area contributed by atoms with Gasteiger partial charge in [0, 0.05) is 58.5 Å². The van der Waals surface area contributed by atoms with Crippen molar-refractivity contribution in [2.45, 2.75) is 157 Å². The fourth-order valence-corrected chi connectivity index (χ4v) is 12.8. The Morgan fingerprint density at radius 1 is 0.692 bits per heavy atom. The maximum absolute atomic E-state index is 13.6. The number of carbonyl (C=O) groups is 5. The number of carbonyl (C=O) groups excluding carboxylic acids is 5. The minimum atomic E-state index is -1.52. The summed E-state index contributed by atoms with van der Waals surface area (Å²) in [5.41, 5.74) is 27.7. The number of ketones is 1. The lowest BCUT2D eigenvalue weighted by molar-refractivity contribution is -0.152. The largest absolute Gasteiger partial charge is 0.465 e. The summed E-state index contributed by atoms with van der Waals surface area (Å²) in [6.45, 7) is 14.1. The summed E-state index contributed by atoms with van der Waals surface area (Å²) in [5, 5.41) is 8.02. The van der Waals surface area contributed by atoms with Gasteiger partial charge in [0.2, 0.25) is 0 Å². The normalized spacial score (nSPS) is 24.6. The molecule has 0 aromatic rings. The van der Waals surface area contributed by atoms with E-state index in [9.17, 15) is 24.0 Å². The molecule has 3 saturated carbocycles. The Bertz CT molecular complexity index is 1920. The zero-order valence-electron chi connectivity index (χ0n) is 48.1. The monoisotopic (exact) mass is 1100 g/mol. The average molecular weight is 1100 g/mol. The average Bonchev–Trinajstić information content (AvgIpc) is 3.92. The van der Waals surface area contributed by atoms with Crippen molar-refractivity contribution in [1.82, 2.24) is 16.0 Å². The Kier molecular flexibility index (Phi) is 27.8. The number of ether oxygens (including phenoxy) is 6. The van der Waals surface area contributed by atoms with Gasteiger partial charge in [0.15, 0.2) is 17.7 Å². The van der Waals surface area contributed by atoms with Gasteiger partial charge in [0.05, 0.1) is 31.1 Å². The van der Waals surface area contributed by atoms with Crippen molar-refractivity contribution < 1.29 is 52.4 Å². The topological polar surface area (TPSA) is 344 Å². The molecule has 9 atom stereocenters. The molecule has 4 rings (SSSR count). The second-order valence-electron chi connectivity index (χ2n) is 23.3. The van der Waals surface area contributed by atoms with Crippen molar-refractivity contribution >= 4 is 47.8 Å². The van der Waals surface area contributed by atoms with Crippen LogP contribution in [-0.4, -0.2) is 139 Å². The molecule has 0 radical (unpaired) electrons.